The molecule has 0 radical (unpaired) electrons. The molecule has 1 aliphatic carbocycles. The maximum absolute atomic E-state index is 13.2. The van der Waals surface area contributed by atoms with Crippen molar-refractivity contribution in [3.05, 3.63) is 59.7 Å². The maximum Gasteiger partial charge on any atom is 0.254 e. The average Bonchev–Trinajstić information content (AvgIpc) is 3.46. The van der Waals surface area contributed by atoms with Gasteiger partial charge in [0.05, 0.1) is 18.0 Å². The zero-order chi connectivity index (χ0) is 20.4. The Morgan fingerprint density at radius 1 is 1.14 bits per heavy atom. The van der Waals surface area contributed by atoms with Crippen LogP contribution < -0.4 is 9.46 Å². The summed E-state index contributed by atoms with van der Waals surface area (Å²) in [5, 5.41) is 0. The first-order chi connectivity index (χ1) is 14.0. The van der Waals surface area contributed by atoms with Crippen molar-refractivity contribution in [2.45, 2.75) is 36.6 Å². The summed E-state index contributed by atoms with van der Waals surface area (Å²) in [5.74, 6) is 1.06. The summed E-state index contributed by atoms with van der Waals surface area (Å²) in [7, 11) is -1.98. The lowest BCUT2D eigenvalue weighted by Gasteiger charge is -2.25. The number of amides is 1. The normalized spacial score (nSPS) is 19.3. The van der Waals surface area contributed by atoms with Crippen molar-refractivity contribution in [1.29, 1.82) is 0 Å². The van der Waals surface area contributed by atoms with E-state index in [4.69, 9.17) is 4.74 Å². The van der Waals surface area contributed by atoms with Crippen LogP contribution in [0.3, 0.4) is 0 Å². The SMILES string of the molecule is COc1cccc(C2CCCN2C(=O)c2cccc(S(=O)(=O)NCC3CC3)c2)c1. The van der Waals surface area contributed by atoms with E-state index in [0.717, 1.165) is 37.0 Å². The Morgan fingerprint density at radius 2 is 1.93 bits per heavy atom. The van der Waals surface area contributed by atoms with E-state index in [1.165, 1.54) is 12.1 Å². The molecule has 2 aromatic carbocycles. The van der Waals surface area contributed by atoms with E-state index in [9.17, 15) is 13.2 Å². The molecular weight excluding hydrogens is 388 g/mol. The van der Waals surface area contributed by atoms with Crippen LogP contribution in [0.25, 0.3) is 0 Å². The molecule has 2 aromatic rings. The van der Waals surface area contributed by atoms with E-state index in [1.807, 2.05) is 29.2 Å². The monoisotopic (exact) mass is 414 g/mol. The number of rotatable bonds is 7. The van der Waals surface area contributed by atoms with Crippen LogP contribution in [0.4, 0.5) is 0 Å². The molecule has 1 heterocycles. The number of hydrogen-bond donors (Lipinski definition) is 1. The number of nitrogens with one attached hydrogen (secondary N) is 1. The number of hydrogen-bond acceptors (Lipinski definition) is 4. The van der Waals surface area contributed by atoms with Gasteiger partial charge in [0.15, 0.2) is 0 Å². The molecule has 2 aliphatic rings. The topological polar surface area (TPSA) is 75.7 Å². The highest BCUT2D eigenvalue weighted by molar-refractivity contribution is 7.89. The van der Waals surface area contributed by atoms with Gasteiger partial charge in [-0.25, -0.2) is 13.1 Å². The zero-order valence-corrected chi connectivity index (χ0v) is 17.3. The predicted octanol–water partition coefficient (Wildman–Crippen LogP) is 3.36. The number of carbonyl (C=O) groups is 1. The molecule has 1 unspecified atom stereocenters. The third kappa shape index (κ3) is 4.46. The Hall–Kier alpha value is -2.38. The minimum atomic E-state index is -3.61. The third-order valence-corrected chi connectivity index (χ3v) is 7.06. The molecule has 29 heavy (non-hydrogen) atoms. The number of sulfonamides is 1. The standard InChI is InChI=1S/C22H26N2O4S/c1-28-19-7-2-5-17(13-19)21-9-4-12-24(21)22(25)18-6-3-8-20(14-18)29(26,27)23-15-16-10-11-16/h2-3,5-8,13-14,16,21,23H,4,9-12,15H2,1H3. The Balaban J connectivity index is 1.55. The molecule has 0 bridgehead atoms. The van der Waals surface area contributed by atoms with Crippen LogP contribution in [0.5, 0.6) is 5.75 Å². The highest BCUT2D eigenvalue weighted by Gasteiger charge is 2.31. The first-order valence-electron chi connectivity index (χ1n) is 10.0. The summed E-state index contributed by atoms with van der Waals surface area (Å²) in [6, 6.07) is 14.1. The molecule has 0 aromatic heterocycles. The average molecular weight is 415 g/mol. The van der Waals surface area contributed by atoms with Gasteiger partial charge in [-0.3, -0.25) is 4.79 Å². The van der Waals surface area contributed by atoms with Gasteiger partial charge in [-0.05, 0) is 67.5 Å². The summed E-state index contributed by atoms with van der Waals surface area (Å²) in [4.78, 5) is 15.2. The summed E-state index contributed by atoms with van der Waals surface area (Å²) < 4.78 is 33.1. The second-order valence-corrected chi connectivity index (χ2v) is 9.52. The van der Waals surface area contributed by atoms with Gasteiger partial charge in [0, 0.05) is 18.7 Å². The lowest BCUT2D eigenvalue weighted by molar-refractivity contribution is 0.0735. The second-order valence-electron chi connectivity index (χ2n) is 7.76. The van der Waals surface area contributed by atoms with Crippen LogP contribution in [-0.4, -0.2) is 39.4 Å². The summed E-state index contributed by atoms with van der Waals surface area (Å²) in [6.07, 6.45) is 3.93. The number of methoxy groups -OCH3 is 1. The minimum absolute atomic E-state index is 0.0362. The van der Waals surface area contributed by atoms with E-state index in [0.29, 0.717) is 24.6 Å². The number of likely N-dealkylation sites (tertiary alicyclic amines) is 1. The van der Waals surface area contributed by atoms with Crippen molar-refractivity contribution in [3.63, 3.8) is 0 Å². The van der Waals surface area contributed by atoms with Crippen molar-refractivity contribution in [3.8, 4) is 5.75 Å². The van der Waals surface area contributed by atoms with Crippen LogP contribution >= 0.6 is 0 Å². The molecule has 1 saturated heterocycles. The van der Waals surface area contributed by atoms with Crippen LogP contribution in [0.1, 0.15) is 47.6 Å². The van der Waals surface area contributed by atoms with E-state index < -0.39 is 10.0 Å². The highest BCUT2D eigenvalue weighted by Crippen LogP contribution is 2.34. The Bertz CT molecular complexity index is 1000. The van der Waals surface area contributed by atoms with Gasteiger partial charge in [0.25, 0.3) is 5.91 Å². The third-order valence-electron chi connectivity index (χ3n) is 5.64. The van der Waals surface area contributed by atoms with Crippen LogP contribution in [0.2, 0.25) is 0 Å². The minimum Gasteiger partial charge on any atom is -0.497 e. The van der Waals surface area contributed by atoms with Gasteiger partial charge in [-0.1, -0.05) is 18.2 Å². The molecule has 1 saturated carbocycles. The lowest BCUT2D eigenvalue weighted by Crippen LogP contribution is -2.31. The van der Waals surface area contributed by atoms with Crippen molar-refractivity contribution in [1.82, 2.24) is 9.62 Å². The second kappa shape index (κ2) is 8.16. The van der Waals surface area contributed by atoms with Gasteiger partial charge < -0.3 is 9.64 Å². The Labute approximate surface area is 171 Å². The molecule has 2 fully saturated rings. The Kier molecular flexibility index (Phi) is 5.61. The molecule has 1 atom stereocenters. The molecule has 1 aliphatic heterocycles. The van der Waals surface area contributed by atoms with Gasteiger partial charge in [0.2, 0.25) is 10.0 Å². The van der Waals surface area contributed by atoms with Gasteiger partial charge in [-0.15, -0.1) is 0 Å². The van der Waals surface area contributed by atoms with Crippen LogP contribution in [0.15, 0.2) is 53.4 Å². The van der Waals surface area contributed by atoms with Gasteiger partial charge in [-0.2, -0.15) is 0 Å². The fourth-order valence-corrected chi connectivity index (χ4v) is 4.96. The summed E-state index contributed by atoms with van der Waals surface area (Å²) >= 11 is 0. The van der Waals surface area contributed by atoms with Gasteiger partial charge in [0.1, 0.15) is 5.75 Å². The predicted molar refractivity (Wildman–Crippen MR) is 110 cm³/mol. The van der Waals surface area contributed by atoms with Crippen molar-refractivity contribution in [2.75, 3.05) is 20.2 Å². The molecular formula is C22H26N2O4S. The maximum atomic E-state index is 13.2. The summed E-state index contributed by atoms with van der Waals surface area (Å²) in [6.45, 7) is 1.11. The number of ether oxygens (including phenoxy) is 1. The van der Waals surface area contributed by atoms with Gasteiger partial charge >= 0.3 is 0 Å². The molecule has 6 nitrogen and oxygen atoms in total. The quantitative estimate of drug-likeness (QED) is 0.754. The van der Waals surface area contributed by atoms with Crippen LogP contribution in [-0.2, 0) is 10.0 Å². The molecule has 0 spiro atoms. The fraction of sp³-hybridized carbons (Fsp3) is 0.409. The first-order valence-corrected chi connectivity index (χ1v) is 11.5. The number of carbonyl (C=O) groups excluding carboxylic acids is 1. The number of nitrogens with zero attached hydrogens (tertiary/aromatic N) is 1. The Morgan fingerprint density at radius 3 is 2.69 bits per heavy atom. The molecule has 1 amide bonds. The van der Waals surface area contributed by atoms with E-state index in [-0.39, 0.29) is 16.8 Å². The number of benzene rings is 2. The van der Waals surface area contributed by atoms with Crippen LogP contribution in [0, 0.1) is 5.92 Å². The molecule has 4 rings (SSSR count). The largest absolute Gasteiger partial charge is 0.497 e. The summed E-state index contributed by atoms with van der Waals surface area (Å²) in [5.41, 5.74) is 1.43. The van der Waals surface area contributed by atoms with E-state index >= 15 is 0 Å². The lowest BCUT2D eigenvalue weighted by atomic mass is 10.0. The molecule has 154 valence electrons. The van der Waals surface area contributed by atoms with E-state index in [1.54, 1.807) is 19.2 Å². The van der Waals surface area contributed by atoms with Crippen molar-refractivity contribution >= 4 is 15.9 Å². The zero-order valence-electron chi connectivity index (χ0n) is 16.5. The fourth-order valence-electron chi connectivity index (χ4n) is 3.80. The first kappa shape index (κ1) is 19.9. The molecule has 7 heteroatoms. The van der Waals surface area contributed by atoms with Crippen molar-refractivity contribution in [2.24, 2.45) is 5.92 Å². The molecule has 1 N–H and O–H groups in total. The highest BCUT2D eigenvalue weighted by atomic mass is 32.2. The van der Waals surface area contributed by atoms with Crippen molar-refractivity contribution < 1.29 is 17.9 Å². The smallest absolute Gasteiger partial charge is 0.254 e. The van der Waals surface area contributed by atoms with E-state index in [2.05, 4.69) is 4.72 Å².